The van der Waals surface area contributed by atoms with Crippen LogP contribution in [0.2, 0.25) is 0 Å². The zero-order valence-corrected chi connectivity index (χ0v) is 12.9. The highest BCUT2D eigenvalue weighted by molar-refractivity contribution is 9.10. The maximum atomic E-state index is 8.94. The molecule has 0 bridgehead atoms. The van der Waals surface area contributed by atoms with Crippen LogP contribution in [0.3, 0.4) is 0 Å². The van der Waals surface area contributed by atoms with Crippen molar-refractivity contribution in [3.8, 4) is 6.07 Å². The lowest BCUT2D eigenvalue weighted by Crippen LogP contribution is -2.21. The summed E-state index contributed by atoms with van der Waals surface area (Å²) in [5, 5.41) is 12.4. The van der Waals surface area contributed by atoms with Crippen LogP contribution in [0.4, 0.5) is 0 Å². The molecule has 0 aliphatic heterocycles. The largest absolute Gasteiger partial charge is 0.310 e. The summed E-state index contributed by atoms with van der Waals surface area (Å²) in [5.41, 5.74) is 1.07. The van der Waals surface area contributed by atoms with E-state index in [1.165, 1.54) is 5.56 Å². The van der Waals surface area contributed by atoms with Crippen LogP contribution in [-0.4, -0.2) is 6.54 Å². The van der Waals surface area contributed by atoms with Crippen molar-refractivity contribution in [2.24, 2.45) is 5.41 Å². The Balaban J connectivity index is 2.34. The first-order valence-electron chi connectivity index (χ1n) is 6.35. The number of nitriles is 1. The van der Waals surface area contributed by atoms with E-state index in [4.69, 9.17) is 5.26 Å². The second-order valence-electron chi connectivity index (χ2n) is 5.33. The highest BCUT2D eigenvalue weighted by atomic mass is 79.9. The number of hydrogen-bond acceptors (Lipinski definition) is 2. The van der Waals surface area contributed by atoms with Gasteiger partial charge in [0.15, 0.2) is 0 Å². The summed E-state index contributed by atoms with van der Waals surface area (Å²) in [4.78, 5) is 0. The van der Waals surface area contributed by atoms with E-state index in [1.54, 1.807) is 0 Å². The number of nitrogens with zero attached hydrogens (tertiary/aromatic N) is 1. The maximum Gasteiger partial charge on any atom is 0.0683 e. The number of rotatable bonds is 6. The van der Waals surface area contributed by atoms with Gasteiger partial charge in [0.1, 0.15) is 0 Å². The molecule has 0 aliphatic rings. The van der Waals surface area contributed by atoms with E-state index in [0.717, 1.165) is 23.9 Å². The molecule has 0 saturated heterocycles. The van der Waals surface area contributed by atoms with Crippen LogP contribution >= 0.6 is 15.9 Å². The van der Waals surface area contributed by atoms with E-state index < -0.39 is 0 Å². The predicted molar refractivity (Wildman–Crippen MR) is 79.2 cm³/mol. The topological polar surface area (TPSA) is 35.8 Å². The van der Waals surface area contributed by atoms with Crippen molar-refractivity contribution >= 4 is 15.9 Å². The van der Waals surface area contributed by atoms with E-state index in [0.29, 0.717) is 6.04 Å². The minimum absolute atomic E-state index is 0.208. The lowest BCUT2D eigenvalue weighted by atomic mass is 9.90. The minimum Gasteiger partial charge on any atom is -0.310 e. The molecule has 1 atom stereocenters. The van der Waals surface area contributed by atoms with Crippen LogP contribution in [0, 0.1) is 16.7 Å². The molecule has 1 aromatic rings. The Labute approximate surface area is 119 Å². The van der Waals surface area contributed by atoms with Gasteiger partial charge in [0, 0.05) is 10.5 Å². The van der Waals surface area contributed by atoms with Crippen molar-refractivity contribution in [2.75, 3.05) is 6.54 Å². The SMILES string of the molecule is CC(NCCCC(C)(C)C#N)c1cccc(Br)c1. The Kier molecular flexibility index (Phi) is 5.84. The Hall–Kier alpha value is -0.850. The lowest BCUT2D eigenvalue weighted by molar-refractivity contribution is 0.417. The molecule has 1 N–H and O–H groups in total. The zero-order valence-electron chi connectivity index (χ0n) is 11.3. The van der Waals surface area contributed by atoms with Crippen molar-refractivity contribution in [1.82, 2.24) is 5.32 Å². The first-order valence-corrected chi connectivity index (χ1v) is 7.14. The monoisotopic (exact) mass is 308 g/mol. The van der Waals surface area contributed by atoms with Crippen LogP contribution in [-0.2, 0) is 0 Å². The van der Waals surface area contributed by atoms with E-state index in [-0.39, 0.29) is 5.41 Å². The molecule has 0 aromatic heterocycles. The third-order valence-corrected chi connectivity index (χ3v) is 3.57. The van der Waals surface area contributed by atoms with Crippen LogP contribution < -0.4 is 5.32 Å². The normalized spacial score (nSPS) is 13.1. The smallest absolute Gasteiger partial charge is 0.0683 e. The van der Waals surface area contributed by atoms with Gasteiger partial charge in [-0.2, -0.15) is 5.26 Å². The second kappa shape index (κ2) is 6.92. The summed E-state index contributed by atoms with van der Waals surface area (Å²) >= 11 is 3.48. The number of benzene rings is 1. The van der Waals surface area contributed by atoms with E-state index in [9.17, 15) is 0 Å². The molecule has 3 heteroatoms. The third-order valence-electron chi connectivity index (χ3n) is 3.08. The summed E-state index contributed by atoms with van der Waals surface area (Å²) in [5.74, 6) is 0. The fraction of sp³-hybridized carbons (Fsp3) is 0.533. The summed E-state index contributed by atoms with van der Waals surface area (Å²) in [6.07, 6.45) is 1.96. The third kappa shape index (κ3) is 5.20. The van der Waals surface area contributed by atoms with Gasteiger partial charge in [-0.3, -0.25) is 0 Å². The minimum atomic E-state index is -0.208. The molecular weight excluding hydrogens is 288 g/mol. The van der Waals surface area contributed by atoms with Gasteiger partial charge in [-0.25, -0.2) is 0 Å². The molecule has 0 aliphatic carbocycles. The highest BCUT2D eigenvalue weighted by Crippen LogP contribution is 2.21. The van der Waals surface area contributed by atoms with Crippen molar-refractivity contribution in [1.29, 1.82) is 5.26 Å². The molecule has 98 valence electrons. The van der Waals surface area contributed by atoms with Crippen LogP contribution in [0.5, 0.6) is 0 Å². The van der Waals surface area contributed by atoms with Crippen LogP contribution in [0.15, 0.2) is 28.7 Å². The fourth-order valence-electron chi connectivity index (χ4n) is 1.80. The Morgan fingerprint density at radius 3 is 2.78 bits per heavy atom. The quantitative estimate of drug-likeness (QED) is 0.789. The van der Waals surface area contributed by atoms with Crippen molar-refractivity contribution in [2.45, 2.75) is 39.7 Å². The predicted octanol–water partition coefficient (Wildman–Crippen LogP) is 4.43. The van der Waals surface area contributed by atoms with Crippen molar-refractivity contribution in [3.05, 3.63) is 34.3 Å². The van der Waals surface area contributed by atoms with Crippen LogP contribution in [0.25, 0.3) is 0 Å². The molecule has 1 unspecified atom stereocenters. The summed E-state index contributed by atoms with van der Waals surface area (Å²) in [6.45, 7) is 7.09. The molecule has 0 amide bonds. The average Bonchev–Trinajstić information content (AvgIpc) is 2.34. The molecule has 18 heavy (non-hydrogen) atoms. The first kappa shape index (κ1) is 15.2. The summed E-state index contributed by atoms with van der Waals surface area (Å²) in [7, 11) is 0. The number of hydrogen-bond donors (Lipinski definition) is 1. The number of nitrogens with one attached hydrogen (secondary N) is 1. The Morgan fingerprint density at radius 1 is 1.44 bits per heavy atom. The first-order chi connectivity index (χ1) is 8.44. The van der Waals surface area contributed by atoms with Gasteiger partial charge in [-0.15, -0.1) is 0 Å². The second-order valence-corrected chi connectivity index (χ2v) is 6.25. The lowest BCUT2D eigenvalue weighted by Gasteiger charge is -2.17. The zero-order chi connectivity index (χ0) is 13.6. The number of halogens is 1. The fourth-order valence-corrected chi connectivity index (χ4v) is 2.22. The summed E-state index contributed by atoms with van der Waals surface area (Å²) < 4.78 is 1.11. The van der Waals surface area contributed by atoms with Crippen molar-refractivity contribution < 1.29 is 0 Å². The standard InChI is InChI=1S/C15H21BrN2/c1-12(13-6-4-7-14(16)10-13)18-9-5-8-15(2,3)11-17/h4,6-7,10,12,18H,5,8-9H2,1-3H3. The van der Waals surface area contributed by atoms with Gasteiger partial charge >= 0.3 is 0 Å². The Morgan fingerprint density at radius 2 is 2.17 bits per heavy atom. The molecule has 0 radical (unpaired) electrons. The molecule has 0 heterocycles. The Bertz CT molecular complexity index is 421. The highest BCUT2D eigenvalue weighted by Gasteiger charge is 2.15. The molecule has 1 rings (SSSR count). The van der Waals surface area contributed by atoms with Gasteiger partial charge in [-0.1, -0.05) is 28.1 Å². The van der Waals surface area contributed by atoms with Crippen LogP contribution in [0.1, 0.15) is 45.2 Å². The van der Waals surface area contributed by atoms with Crippen molar-refractivity contribution in [3.63, 3.8) is 0 Å². The molecule has 2 nitrogen and oxygen atoms in total. The molecule has 1 aromatic carbocycles. The van der Waals surface area contributed by atoms with Gasteiger partial charge in [0.2, 0.25) is 0 Å². The van der Waals surface area contributed by atoms with Gasteiger partial charge in [0.05, 0.1) is 11.5 Å². The van der Waals surface area contributed by atoms with Gasteiger partial charge in [-0.05, 0) is 57.9 Å². The van der Waals surface area contributed by atoms with Gasteiger partial charge < -0.3 is 5.32 Å². The molecule has 0 saturated carbocycles. The maximum absolute atomic E-state index is 8.94. The molecule has 0 fully saturated rings. The van der Waals surface area contributed by atoms with E-state index in [2.05, 4.69) is 52.4 Å². The van der Waals surface area contributed by atoms with Gasteiger partial charge in [0.25, 0.3) is 0 Å². The van der Waals surface area contributed by atoms with E-state index >= 15 is 0 Å². The summed E-state index contributed by atoms with van der Waals surface area (Å²) in [6, 6.07) is 11.0. The molecule has 0 spiro atoms. The average molecular weight is 309 g/mol. The molecular formula is C15H21BrN2. The van der Waals surface area contributed by atoms with E-state index in [1.807, 2.05) is 19.9 Å².